The number of amides is 2. The molecule has 0 saturated heterocycles. The van der Waals surface area contributed by atoms with Crippen molar-refractivity contribution in [2.75, 3.05) is 26.3 Å². The van der Waals surface area contributed by atoms with Gasteiger partial charge in [-0.15, -0.1) is 0 Å². The summed E-state index contributed by atoms with van der Waals surface area (Å²) in [4.78, 5) is 20.5. The van der Waals surface area contributed by atoms with Crippen LogP contribution in [0.5, 0.6) is 0 Å². The maximum atomic E-state index is 10.3. The van der Waals surface area contributed by atoms with Gasteiger partial charge in [0.15, 0.2) is 0 Å². The second-order valence-corrected chi connectivity index (χ2v) is 2.49. The monoisotopic (exact) mass is 189 g/mol. The average Bonchev–Trinajstić information content (AvgIpc) is 2.01. The molecule has 0 unspecified atom stereocenters. The summed E-state index contributed by atoms with van der Waals surface area (Å²) in [6.45, 7) is 1.41. The average molecular weight is 189 g/mol. The first kappa shape index (κ1) is 11.9. The summed E-state index contributed by atoms with van der Waals surface area (Å²) in [5.41, 5.74) is 9.73. The van der Waals surface area contributed by atoms with Gasteiger partial charge in [-0.3, -0.25) is 9.59 Å². The second-order valence-electron chi connectivity index (χ2n) is 2.49. The number of hydrogen-bond donors (Lipinski definition) is 3. The number of rotatable bonds is 8. The highest BCUT2D eigenvalue weighted by Gasteiger charge is 1.94. The molecule has 0 aliphatic carbocycles. The molecule has 0 aliphatic rings. The number of ether oxygens (including phenoxy) is 1. The molecule has 0 aromatic heterocycles. The first-order valence-corrected chi connectivity index (χ1v) is 3.98. The lowest BCUT2D eigenvalue weighted by molar-refractivity contribution is -0.122. The summed E-state index contributed by atoms with van der Waals surface area (Å²) in [6, 6.07) is 0. The Morgan fingerprint density at radius 1 is 1.15 bits per heavy atom. The van der Waals surface area contributed by atoms with Crippen LogP contribution in [0.2, 0.25) is 0 Å². The lowest BCUT2D eigenvalue weighted by atomic mass is 10.4. The Labute approximate surface area is 76.6 Å². The van der Waals surface area contributed by atoms with E-state index in [1.807, 2.05) is 0 Å². The van der Waals surface area contributed by atoms with Gasteiger partial charge in [-0.05, 0) is 0 Å². The number of nitrogens with one attached hydrogen (secondary N) is 1. The van der Waals surface area contributed by atoms with E-state index in [1.54, 1.807) is 0 Å². The molecule has 2 amide bonds. The van der Waals surface area contributed by atoms with Crippen molar-refractivity contribution in [2.45, 2.75) is 6.42 Å². The van der Waals surface area contributed by atoms with E-state index in [1.165, 1.54) is 0 Å². The van der Waals surface area contributed by atoms with Crippen LogP contribution in [0.3, 0.4) is 0 Å². The Morgan fingerprint density at radius 3 is 2.38 bits per heavy atom. The van der Waals surface area contributed by atoms with E-state index in [2.05, 4.69) is 5.32 Å². The number of nitrogens with two attached hydrogens (primary N) is 2. The zero-order valence-corrected chi connectivity index (χ0v) is 7.41. The molecule has 0 aromatic rings. The van der Waals surface area contributed by atoms with Crippen molar-refractivity contribution in [1.82, 2.24) is 5.32 Å². The zero-order chi connectivity index (χ0) is 10.1. The van der Waals surface area contributed by atoms with Crippen molar-refractivity contribution < 1.29 is 14.3 Å². The Kier molecular flexibility index (Phi) is 6.85. The molecule has 5 N–H and O–H groups in total. The van der Waals surface area contributed by atoms with Gasteiger partial charge in [0.25, 0.3) is 0 Å². The highest BCUT2D eigenvalue weighted by atomic mass is 16.5. The van der Waals surface area contributed by atoms with Crippen LogP contribution < -0.4 is 16.8 Å². The van der Waals surface area contributed by atoms with Crippen LogP contribution in [0.1, 0.15) is 6.42 Å². The van der Waals surface area contributed by atoms with Crippen molar-refractivity contribution in [2.24, 2.45) is 11.5 Å². The molecule has 0 rings (SSSR count). The third-order valence-electron chi connectivity index (χ3n) is 1.22. The SMILES string of the molecule is NC(=O)CCNCCOCC(N)=O. The summed E-state index contributed by atoms with van der Waals surface area (Å²) >= 11 is 0. The molecule has 76 valence electrons. The maximum Gasteiger partial charge on any atom is 0.243 e. The molecule has 0 atom stereocenters. The fraction of sp³-hybridized carbons (Fsp3) is 0.714. The third-order valence-corrected chi connectivity index (χ3v) is 1.22. The molecule has 0 aliphatic heterocycles. The normalized spacial score (nSPS) is 9.85. The molecule has 0 radical (unpaired) electrons. The first-order valence-electron chi connectivity index (χ1n) is 3.98. The predicted octanol–water partition coefficient (Wildman–Crippen LogP) is -2.05. The molecule has 6 heteroatoms. The molecule has 13 heavy (non-hydrogen) atoms. The summed E-state index contributed by atoms with van der Waals surface area (Å²) in [6.07, 6.45) is 0.301. The highest BCUT2D eigenvalue weighted by Crippen LogP contribution is 1.74. The lowest BCUT2D eigenvalue weighted by Gasteiger charge is -2.02. The van der Waals surface area contributed by atoms with Gasteiger partial charge < -0.3 is 21.5 Å². The van der Waals surface area contributed by atoms with Gasteiger partial charge in [-0.25, -0.2) is 0 Å². The van der Waals surface area contributed by atoms with E-state index in [0.29, 0.717) is 26.1 Å². The Morgan fingerprint density at radius 2 is 1.85 bits per heavy atom. The van der Waals surface area contributed by atoms with E-state index in [0.717, 1.165) is 0 Å². The molecule has 0 fully saturated rings. The summed E-state index contributed by atoms with van der Waals surface area (Å²) in [5.74, 6) is -0.831. The van der Waals surface area contributed by atoms with Crippen LogP contribution in [0, 0.1) is 0 Å². The van der Waals surface area contributed by atoms with Crippen LogP contribution in [0.25, 0.3) is 0 Å². The number of carbonyl (C=O) groups excluding carboxylic acids is 2. The van der Waals surface area contributed by atoms with Crippen molar-refractivity contribution in [3.63, 3.8) is 0 Å². The smallest absolute Gasteiger partial charge is 0.243 e. The van der Waals surface area contributed by atoms with E-state index in [4.69, 9.17) is 16.2 Å². The quantitative estimate of drug-likeness (QED) is 0.382. The van der Waals surface area contributed by atoms with Gasteiger partial charge in [0.05, 0.1) is 6.61 Å². The number of hydrogen-bond acceptors (Lipinski definition) is 4. The molecule has 0 saturated carbocycles. The first-order chi connectivity index (χ1) is 6.13. The predicted molar refractivity (Wildman–Crippen MR) is 46.7 cm³/mol. The number of primary amides is 2. The topological polar surface area (TPSA) is 107 Å². The number of carbonyl (C=O) groups is 2. The van der Waals surface area contributed by atoms with Gasteiger partial charge in [0.1, 0.15) is 6.61 Å². The van der Waals surface area contributed by atoms with Crippen molar-refractivity contribution in [3.8, 4) is 0 Å². The fourth-order valence-corrected chi connectivity index (χ4v) is 0.654. The molecular weight excluding hydrogens is 174 g/mol. The van der Waals surface area contributed by atoms with Crippen LogP contribution >= 0.6 is 0 Å². The minimum absolute atomic E-state index is 0.0719. The molecule has 0 bridgehead atoms. The Balaban J connectivity index is 3.00. The lowest BCUT2D eigenvalue weighted by Crippen LogP contribution is -2.26. The molecule has 6 nitrogen and oxygen atoms in total. The molecule has 0 aromatic carbocycles. The van der Waals surface area contributed by atoms with Gasteiger partial charge >= 0.3 is 0 Å². The highest BCUT2D eigenvalue weighted by molar-refractivity contribution is 5.75. The summed E-state index contributed by atoms with van der Waals surface area (Å²) in [5, 5.41) is 2.91. The van der Waals surface area contributed by atoms with Gasteiger partial charge in [-0.1, -0.05) is 0 Å². The van der Waals surface area contributed by atoms with Crippen molar-refractivity contribution in [3.05, 3.63) is 0 Å². The van der Waals surface area contributed by atoms with Crippen LogP contribution in [0.4, 0.5) is 0 Å². The van der Waals surface area contributed by atoms with E-state index < -0.39 is 5.91 Å². The summed E-state index contributed by atoms with van der Waals surface area (Å²) < 4.78 is 4.85. The largest absolute Gasteiger partial charge is 0.370 e. The minimum Gasteiger partial charge on any atom is -0.370 e. The Hall–Kier alpha value is -1.14. The van der Waals surface area contributed by atoms with Gasteiger partial charge in [0, 0.05) is 19.5 Å². The van der Waals surface area contributed by atoms with Crippen LogP contribution in [-0.4, -0.2) is 38.1 Å². The van der Waals surface area contributed by atoms with Crippen molar-refractivity contribution >= 4 is 11.8 Å². The Bertz CT molecular complexity index is 154. The van der Waals surface area contributed by atoms with Gasteiger partial charge in [-0.2, -0.15) is 0 Å². The fourth-order valence-electron chi connectivity index (χ4n) is 0.654. The third kappa shape index (κ3) is 10.9. The molecule has 0 heterocycles. The molecular formula is C7H15N3O3. The van der Waals surface area contributed by atoms with Crippen LogP contribution in [-0.2, 0) is 14.3 Å². The van der Waals surface area contributed by atoms with E-state index >= 15 is 0 Å². The second kappa shape index (κ2) is 7.51. The maximum absolute atomic E-state index is 10.3. The van der Waals surface area contributed by atoms with Crippen LogP contribution in [0.15, 0.2) is 0 Å². The minimum atomic E-state index is -0.489. The van der Waals surface area contributed by atoms with Gasteiger partial charge in [0.2, 0.25) is 11.8 Å². The zero-order valence-electron chi connectivity index (χ0n) is 7.41. The van der Waals surface area contributed by atoms with Crippen molar-refractivity contribution in [1.29, 1.82) is 0 Å². The molecule has 0 spiro atoms. The van der Waals surface area contributed by atoms with E-state index in [9.17, 15) is 9.59 Å². The summed E-state index contributed by atoms with van der Waals surface area (Å²) in [7, 11) is 0. The van der Waals surface area contributed by atoms with E-state index in [-0.39, 0.29) is 12.5 Å². The standard InChI is InChI=1S/C7H15N3O3/c8-6(11)1-2-10-3-4-13-5-7(9)12/h10H,1-5H2,(H2,8,11)(H2,9,12).